The number of fused-ring (bicyclic) bond motifs is 1. The molecule has 0 amide bonds. The molecule has 0 aliphatic heterocycles. The average Bonchev–Trinajstić information content (AvgIpc) is 2.19. The van der Waals surface area contributed by atoms with E-state index in [1.54, 1.807) is 0 Å². The monoisotopic (exact) mass is 187 g/mol. The molecule has 14 heavy (non-hydrogen) atoms. The van der Waals surface area contributed by atoms with Crippen LogP contribution in [0.5, 0.6) is 0 Å². The Balaban J connectivity index is 2.83. The van der Waals surface area contributed by atoms with Crippen LogP contribution in [0, 0.1) is 13.8 Å². The fourth-order valence-electron chi connectivity index (χ4n) is 1.60. The van der Waals surface area contributed by atoms with E-state index in [4.69, 9.17) is 5.73 Å². The van der Waals surface area contributed by atoms with Crippen molar-refractivity contribution in [1.29, 1.82) is 0 Å². The lowest BCUT2D eigenvalue weighted by Crippen LogP contribution is -2.05. The second kappa shape index (κ2) is 3.35. The number of hydrogen-bond donors (Lipinski definition) is 1. The highest BCUT2D eigenvalue weighted by atomic mass is 14.9. The summed E-state index contributed by atoms with van der Waals surface area (Å²) in [6, 6.07) is 6.11. The van der Waals surface area contributed by atoms with Crippen LogP contribution in [0.25, 0.3) is 10.9 Å². The van der Waals surface area contributed by atoms with Gasteiger partial charge in [-0.1, -0.05) is 18.2 Å². The van der Waals surface area contributed by atoms with E-state index in [9.17, 15) is 0 Å². The summed E-state index contributed by atoms with van der Waals surface area (Å²) in [7, 11) is 0. The van der Waals surface area contributed by atoms with Crippen LogP contribution in [0.15, 0.2) is 18.2 Å². The number of aromatic nitrogens is 2. The van der Waals surface area contributed by atoms with Gasteiger partial charge in [-0.3, -0.25) is 0 Å². The van der Waals surface area contributed by atoms with Crippen molar-refractivity contribution < 1.29 is 0 Å². The molecule has 1 aromatic carbocycles. The fourth-order valence-corrected chi connectivity index (χ4v) is 1.60. The largest absolute Gasteiger partial charge is 0.324 e. The molecule has 1 aromatic heterocycles. The van der Waals surface area contributed by atoms with E-state index in [1.165, 1.54) is 5.56 Å². The minimum absolute atomic E-state index is 0.394. The Morgan fingerprint density at radius 3 is 2.71 bits per heavy atom. The molecule has 72 valence electrons. The summed E-state index contributed by atoms with van der Waals surface area (Å²) in [6.45, 7) is 4.43. The summed E-state index contributed by atoms with van der Waals surface area (Å²) in [5.41, 5.74) is 8.72. The highest BCUT2D eigenvalue weighted by molar-refractivity contribution is 5.83. The maximum atomic E-state index is 5.53. The Kier molecular flexibility index (Phi) is 2.17. The molecule has 0 fully saturated rings. The second-order valence-electron chi connectivity index (χ2n) is 3.40. The van der Waals surface area contributed by atoms with Crippen molar-refractivity contribution in [2.75, 3.05) is 0 Å². The van der Waals surface area contributed by atoms with Crippen LogP contribution in [-0.2, 0) is 6.54 Å². The Bertz CT molecular complexity index is 477. The molecule has 3 heteroatoms. The molecule has 2 rings (SSSR count). The van der Waals surface area contributed by atoms with Crippen LogP contribution in [0.1, 0.15) is 17.1 Å². The Morgan fingerprint density at radius 2 is 2.00 bits per heavy atom. The summed E-state index contributed by atoms with van der Waals surface area (Å²) in [5, 5.41) is 1.11. The summed E-state index contributed by atoms with van der Waals surface area (Å²) < 4.78 is 0. The van der Waals surface area contributed by atoms with Gasteiger partial charge in [-0.15, -0.1) is 0 Å². The number of rotatable bonds is 1. The van der Waals surface area contributed by atoms with E-state index >= 15 is 0 Å². The number of hydrogen-bond acceptors (Lipinski definition) is 3. The topological polar surface area (TPSA) is 51.8 Å². The summed E-state index contributed by atoms with van der Waals surface area (Å²) >= 11 is 0. The van der Waals surface area contributed by atoms with Crippen molar-refractivity contribution in [3.8, 4) is 0 Å². The second-order valence-corrected chi connectivity index (χ2v) is 3.40. The molecule has 0 saturated carbocycles. The van der Waals surface area contributed by atoms with Gasteiger partial charge in [0.1, 0.15) is 5.82 Å². The van der Waals surface area contributed by atoms with Crippen molar-refractivity contribution in [2.45, 2.75) is 20.4 Å². The number of nitrogens with two attached hydrogens (primary N) is 1. The molecular weight excluding hydrogens is 174 g/mol. The van der Waals surface area contributed by atoms with E-state index in [2.05, 4.69) is 23.0 Å². The zero-order chi connectivity index (χ0) is 10.1. The van der Waals surface area contributed by atoms with Gasteiger partial charge in [0.25, 0.3) is 0 Å². The number of benzene rings is 1. The maximum Gasteiger partial charge on any atom is 0.142 e. The first-order valence-corrected chi connectivity index (χ1v) is 4.65. The van der Waals surface area contributed by atoms with Crippen molar-refractivity contribution in [3.05, 3.63) is 35.3 Å². The quantitative estimate of drug-likeness (QED) is 0.739. The highest BCUT2D eigenvalue weighted by Gasteiger charge is 2.04. The van der Waals surface area contributed by atoms with Crippen LogP contribution in [-0.4, -0.2) is 9.97 Å². The van der Waals surface area contributed by atoms with Gasteiger partial charge in [0, 0.05) is 11.1 Å². The van der Waals surface area contributed by atoms with E-state index in [0.29, 0.717) is 12.4 Å². The number of aryl methyl sites for hydroxylation is 2. The minimum Gasteiger partial charge on any atom is -0.324 e. The van der Waals surface area contributed by atoms with Crippen molar-refractivity contribution >= 4 is 10.9 Å². The molecule has 0 spiro atoms. The maximum absolute atomic E-state index is 5.53. The predicted molar refractivity (Wildman–Crippen MR) is 56.9 cm³/mol. The molecule has 3 nitrogen and oxygen atoms in total. The zero-order valence-corrected chi connectivity index (χ0v) is 8.41. The van der Waals surface area contributed by atoms with Gasteiger partial charge in [-0.2, -0.15) is 0 Å². The summed E-state index contributed by atoms with van der Waals surface area (Å²) in [5.74, 6) is 0.712. The first-order valence-electron chi connectivity index (χ1n) is 4.65. The van der Waals surface area contributed by atoms with Gasteiger partial charge in [0.2, 0.25) is 0 Å². The molecule has 0 bridgehead atoms. The third-order valence-electron chi connectivity index (χ3n) is 2.35. The lowest BCUT2D eigenvalue weighted by Gasteiger charge is -2.05. The van der Waals surface area contributed by atoms with Crippen molar-refractivity contribution in [2.24, 2.45) is 5.73 Å². The van der Waals surface area contributed by atoms with Crippen LogP contribution >= 0.6 is 0 Å². The van der Waals surface area contributed by atoms with Crippen LogP contribution in [0.4, 0.5) is 0 Å². The van der Waals surface area contributed by atoms with Gasteiger partial charge in [0.15, 0.2) is 0 Å². The summed E-state index contributed by atoms with van der Waals surface area (Å²) in [4.78, 5) is 8.74. The molecule has 0 unspecified atom stereocenters. The minimum atomic E-state index is 0.394. The number of nitrogens with zero attached hydrogens (tertiary/aromatic N) is 2. The fraction of sp³-hybridized carbons (Fsp3) is 0.273. The first-order chi connectivity index (χ1) is 6.72. The van der Waals surface area contributed by atoms with Crippen molar-refractivity contribution in [1.82, 2.24) is 9.97 Å². The number of para-hydroxylation sites is 1. The van der Waals surface area contributed by atoms with Crippen molar-refractivity contribution in [3.63, 3.8) is 0 Å². The molecule has 1 heterocycles. The molecule has 0 radical (unpaired) electrons. The molecule has 0 atom stereocenters. The highest BCUT2D eigenvalue weighted by Crippen LogP contribution is 2.18. The van der Waals surface area contributed by atoms with Crippen LogP contribution in [0.3, 0.4) is 0 Å². The smallest absolute Gasteiger partial charge is 0.142 e. The van der Waals surface area contributed by atoms with Gasteiger partial charge >= 0.3 is 0 Å². The molecule has 2 N–H and O–H groups in total. The van der Waals surface area contributed by atoms with Crippen LogP contribution < -0.4 is 5.73 Å². The van der Waals surface area contributed by atoms with Crippen LogP contribution in [0.2, 0.25) is 0 Å². The van der Waals surface area contributed by atoms with E-state index < -0.39 is 0 Å². The molecule has 0 aliphatic carbocycles. The third-order valence-corrected chi connectivity index (χ3v) is 2.35. The lowest BCUT2D eigenvalue weighted by atomic mass is 10.1. The molecular formula is C11H13N3. The molecule has 2 aromatic rings. The first kappa shape index (κ1) is 9.09. The lowest BCUT2D eigenvalue weighted by molar-refractivity contribution is 0.910. The van der Waals surface area contributed by atoms with E-state index in [1.807, 2.05) is 19.1 Å². The normalized spacial score (nSPS) is 10.8. The summed E-state index contributed by atoms with van der Waals surface area (Å²) in [6.07, 6.45) is 0. The molecule has 0 aliphatic rings. The standard InChI is InChI=1S/C11H13N3/c1-7-4-3-5-9-8(2)13-10(6-12)14-11(7)9/h3-5H,6,12H2,1-2H3. The van der Waals surface area contributed by atoms with Gasteiger partial charge in [0.05, 0.1) is 12.1 Å². The SMILES string of the molecule is Cc1nc(CN)nc2c(C)cccc12. The molecule has 0 saturated heterocycles. The Morgan fingerprint density at radius 1 is 1.21 bits per heavy atom. The van der Waals surface area contributed by atoms with E-state index in [-0.39, 0.29) is 0 Å². The third kappa shape index (κ3) is 1.36. The zero-order valence-electron chi connectivity index (χ0n) is 8.41. The van der Waals surface area contributed by atoms with Gasteiger partial charge in [-0.05, 0) is 19.4 Å². The average molecular weight is 187 g/mol. The van der Waals surface area contributed by atoms with Gasteiger partial charge in [-0.25, -0.2) is 9.97 Å². The predicted octanol–water partition coefficient (Wildman–Crippen LogP) is 1.71. The van der Waals surface area contributed by atoms with E-state index in [0.717, 1.165) is 16.6 Å². The van der Waals surface area contributed by atoms with Gasteiger partial charge < -0.3 is 5.73 Å². The Labute approximate surface area is 83.0 Å². The Hall–Kier alpha value is -1.48.